The molecule has 3 aliphatic rings. The van der Waals surface area contributed by atoms with Gasteiger partial charge < -0.3 is 19.3 Å². The van der Waals surface area contributed by atoms with E-state index in [1.807, 2.05) is 91.0 Å². The first-order valence-electron chi connectivity index (χ1n) is 34.5. The largest absolute Gasteiger partial charge is 0.460 e. The van der Waals surface area contributed by atoms with Crippen LogP contribution in [0.5, 0.6) is 0 Å². The summed E-state index contributed by atoms with van der Waals surface area (Å²) in [4.78, 5) is 110. The van der Waals surface area contributed by atoms with Gasteiger partial charge >= 0.3 is 23.9 Å². The van der Waals surface area contributed by atoms with Crippen LogP contribution in [0.15, 0.2) is 179 Å². The lowest BCUT2D eigenvalue weighted by molar-refractivity contribution is -0.156. The molecule has 23 heteroatoms. The second kappa shape index (κ2) is 32.9. The van der Waals surface area contributed by atoms with Crippen LogP contribution in [0.2, 0.25) is 15.5 Å². The second-order valence-corrected chi connectivity index (χ2v) is 27.5. The summed E-state index contributed by atoms with van der Waals surface area (Å²) in [6, 6.07) is 40.4. The Balaban J connectivity index is 0.000000139. The molecule has 12 aromatic rings. The van der Waals surface area contributed by atoms with E-state index >= 15 is 0 Å². The number of pyridine rings is 3. The zero-order chi connectivity index (χ0) is 72.4. The van der Waals surface area contributed by atoms with E-state index in [-0.39, 0.29) is 58.9 Å². The maximum Gasteiger partial charge on any atom is 0.310 e. The Labute approximate surface area is 607 Å². The quantitative estimate of drug-likeness (QED) is 0.0415. The third kappa shape index (κ3) is 17.0. The van der Waals surface area contributed by atoms with Gasteiger partial charge in [0.1, 0.15) is 27.7 Å². The van der Waals surface area contributed by atoms with Crippen LogP contribution in [0.25, 0.3) is 65.0 Å². The summed E-state index contributed by atoms with van der Waals surface area (Å²) in [7, 11) is 0. The van der Waals surface area contributed by atoms with Crippen LogP contribution in [0.3, 0.4) is 0 Å². The predicted octanol–water partition coefficient (Wildman–Crippen LogP) is 15.2. The van der Waals surface area contributed by atoms with Crippen molar-refractivity contribution in [3.8, 4) is 0 Å². The van der Waals surface area contributed by atoms with Crippen molar-refractivity contribution < 1.29 is 38.5 Å². The SMILES string of the molecule is CC(=O)OC(C)=O.CC(=O)O[C@H]1CCCC[C@@H]1n1cnc2c(cc(Cc3ccc(Cl)nc3)c3ccccc32)c1=O.CC(=O)O[C@H]1CCCC[C@@H]1n1cnc2c(cc(Cc3ccc(Cl)nc3)c3ccccc32)c1=O.O=c1c2cc(Cc3ccc(Cl)nc3)c3ccccc3c2ncn1[C@H]1CCCC[C@@H]1O. The standard InChI is InChI=1S/2C26H24ClN3O3.C24H22ClN3O2.C4H6O3/c2*1-16(31)33-23-9-5-4-8-22(23)30-15-29-25-20-7-3-2-6-19(20)18(13-21(25)26(30)32)12-17-10-11-24(27)28-14-17;25-22-10-9-15(13-26-22)11-16-12-19-23(18-6-2-1-5-17(16)18)27-14-28(24(19)30)20-7-3-4-8-21(20)29;1-3(5)7-4(2)6/h2*2-3,6-7,10-11,13-15,22-23H,4-5,8-9,12H2,1H3;1-2,5-6,9-10,12-14,20-21,29H,3-4,7-8,11H2;1-2H3/t2*22-,23-;20-,21-;/m000./s1. The Morgan fingerprint density at radius 2 is 0.689 bits per heavy atom. The van der Waals surface area contributed by atoms with Gasteiger partial charge in [0, 0.05) is 62.4 Å². The highest BCUT2D eigenvalue weighted by molar-refractivity contribution is 6.30. The van der Waals surface area contributed by atoms with E-state index in [1.54, 1.807) is 69.5 Å². The Kier molecular flexibility index (Phi) is 23.2. The van der Waals surface area contributed by atoms with Crippen LogP contribution in [0.1, 0.15) is 156 Å². The van der Waals surface area contributed by atoms with Gasteiger partial charge in [-0.25, -0.2) is 29.9 Å². The average molecular weight is 1450 g/mol. The van der Waals surface area contributed by atoms with Crippen molar-refractivity contribution in [2.75, 3.05) is 0 Å². The van der Waals surface area contributed by atoms with Crippen molar-refractivity contribution in [3.05, 3.63) is 245 Å². The van der Waals surface area contributed by atoms with Crippen molar-refractivity contribution in [1.82, 2.24) is 43.6 Å². The van der Waals surface area contributed by atoms with Gasteiger partial charge in [-0.1, -0.05) is 151 Å². The maximum absolute atomic E-state index is 13.7. The van der Waals surface area contributed by atoms with Gasteiger partial charge in [-0.3, -0.25) is 47.3 Å². The number of fused-ring (bicyclic) bond motifs is 9. The number of esters is 4. The number of rotatable bonds is 11. The third-order valence-corrected chi connectivity index (χ3v) is 19.9. The number of carbonyl (C=O) groups is 4. The molecule has 0 amide bonds. The fourth-order valence-electron chi connectivity index (χ4n) is 14.6. The highest BCUT2D eigenvalue weighted by atomic mass is 35.5. The number of aromatic nitrogens is 9. The van der Waals surface area contributed by atoms with Crippen LogP contribution in [-0.4, -0.2) is 90.9 Å². The van der Waals surface area contributed by atoms with Gasteiger partial charge in [0.05, 0.1) is 75.9 Å². The summed E-state index contributed by atoms with van der Waals surface area (Å²) in [5.41, 5.74) is 7.91. The summed E-state index contributed by atoms with van der Waals surface area (Å²) in [5.74, 6) is -1.77. The minimum absolute atomic E-state index is 0.0906. The first kappa shape index (κ1) is 72.7. The van der Waals surface area contributed by atoms with Crippen LogP contribution in [0, 0.1) is 0 Å². The molecule has 0 unspecified atom stereocenters. The van der Waals surface area contributed by atoms with E-state index in [1.165, 1.54) is 27.7 Å². The highest BCUT2D eigenvalue weighted by Gasteiger charge is 2.33. The number of aliphatic hydroxyl groups is 1. The molecule has 0 bridgehead atoms. The molecule has 6 heterocycles. The zero-order valence-corrected chi connectivity index (χ0v) is 59.6. The molecule has 1 N–H and O–H groups in total. The van der Waals surface area contributed by atoms with E-state index in [0.29, 0.717) is 67.4 Å². The van der Waals surface area contributed by atoms with Crippen molar-refractivity contribution in [2.45, 2.75) is 160 Å². The molecular formula is C80H76Cl3N9O11. The van der Waals surface area contributed by atoms with Crippen LogP contribution in [0.4, 0.5) is 0 Å². The normalized spacial score (nSPS) is 18.0. The van der Waals surface area contributed by atoms with Gasteiger partial charge in [0.2, 0.25) is 0 Å². The number of benzene rings is 6. The van der Waals surface area contributed by atoms with Gasteiger partial charge in [-0.05, 0) is 157 Å². The molecule has 6 aromatic carbocycles. The lowest BCUT2D eigenvalue weighted by Crippen LogP contribution is -2.37. The number of hydrogen-bond donors (Lipinski definition) is 1. The molecule has 15 rings (SSSR count). The smallest absolute Gasteiger partial charge is 0.310 e. The number of nitrogens with zero attached hydrogens (tertiary/aromatic N) is 9. The van der Waals surface area contributed by atoms with Gasteiger partial charge in [0.15, 0.2) is 0 Å². The molecule has 6 atom stereocenters. The Morgan fingerprint density at radius 1 is 0.388 bits per heavy atom. The monoisotopic (exact) mass is 1440 g/mol. The topological polar surface area (TPSA) is 260 Å². The van der Waals surface area contributed by atoms with Crippen molar-refractivity contribution >= 4 is 124 Å². The van der Waals surface area contributed by atoms with Gasteiger partial charge in [-0.2, -0.15) is 0 Å². The summed E-state index contributed by atoms with van der Waals surface area (Å²) in [6.07, 6.45) is 21.4. The number of aliphatic hydroxyl groups excluding tert-OH is 1. The molecule has 103 heavy (non-hydrogen) atoms. The van der Waals surface area contributed by atoms with E-state index in [2.05, 4.69) is 42.9 Å². The Morgan fingerprint density at radius 3 is 0.981 bits per heavy atom. The molecule has 0 aliphatic heterocycles. The predicted molar refractivity (Wildman–Crippen MR) is 399 cm³/mol. The molecule has 0 saturated heterocycles. The first-order valence-corrected chi connectivity index (χ1v) is 35.7. The van der Waals surface area contributed by atoms with Crippen LogP contribution < -0.4 is 16.7 Å². The van der Waals surface area contributed by atoms with Crippen LogP contribution >= 0.6 is 34.8 Å². The average Bonchev–Trinajstić information content (AvgIpc) is 0.764. The summed E-state index contributed by atoms with van der Waals surface area (Å²) in [6.45, 7) is 5.19. The van der Waals surface area contributed by atoms with Gasteiger partial charge in [-0.15, -0.1) is 0 Å². The van der Waals surface area contributed by atoms with E-state index < -0.39 is 18.0 Å². The molecule has 3 fully saturated rings. The van der Waals surface area contributed by atoms with Crippen molar-refractivity contribution in [2.24, 2.45) is 0 Å². The summed E-state index contributed by atoms with van der Waals surface area (Å²) < 4.78 is 20.1. The van der Waals surface area contributed by atoms with E-state index in [9.17, 15) is 38.7 Å². The van der Waals surface area contributed by atoms with Gasteiger partial charge in [0.25, 0.3) is 16.7 Å². The lowest BCUT2D eigenvalue weighted by Gasteiger charge is -2.32. The Bertz CT molecular complexity index is 5120. The molecule has 0 radical (unpaired) electrons. The number of ether oxygens (including phenoxy) is 3. The molecular weight excluding hydrogens is 1370 g/mol. The van der Waals surface area contributed by atoms with E-state index in [0.717, 1.165) is 143 Å². The van der Waals surface area contributed by atoms with Crippen molar-refractivity contribution in [3.63, 3.8) is 0 Å². The highest BCUT2D eigenvalue weighted by Crippen LogP contribution is 2.36. The number of halogens is 3. The van der Waals surface area contributed by atoms with Crippen molar-refractivity contribution in [1.29, 1.82) is 0 Å². The van der Waals surface area contributed by atoms with Crippen LogP contribution in [-0.2, 0) is 52.7 Å². The minimum atomic E-state index is -0.562. The fraction of sp³-hybridized carbons (Fsp3) is 0.312. The lowest BCUT2D eigenvalue weighted by atomic mass is 9.91. The first-order chi connectivity index (χ1) is 49.8. The molecule has 3 saturated carbocycles. The maximum atomic E-state index is 13.7. The number of carbonyl (C=O) groups excluding carboxylic acids is 4. The molecule has 0 spiro atoms. The molecule has 20 nitrogen and oxygen atoms in total. The number of hydrogen-bond acceptors (Lipinski definition) is 17. The Hall–Kier alpha value is -10.1. The third-order valence-electron chi connectivity index (χ3n) is 19.2. The molecule has 3 aliphatic carbocycles. The minimum Gasteiger partial charge on any atom is -0.460 e. The molecule has 6 aromatic heterocycles. The second-order valence-electron chi connectivity index (χ2n) is 26.3. The summed E-state index contributed by atoms with van der Waals surface area (Å²) >= 11 is 17.8. The molecule has 528 valence electrons. The fourth-order valence-corrected chi connectivity index (χ4v) is 14.9. The zero-order valence-electron chi connectivity index (χ0n) is 57.3. The summed E-state index contributed by atoms with van der Waals surface area (Å²) in [5, 5.41) is 19.6. The van der Waals surface area contributed by atoms with E-state index in [4.69, 9.17) is 54.2 Å².